The van der Waals surface area contributed by atoms with Crippen molar-refractivity contribution < 1.29 is 5.21 Å². The summed E-state index contributed by atoms with van der Waals surface area (Å²) in [5.74, 6) is 0. The molecule has 0 heterocycles. The molecule has 2 heteroatoms. The van der Waals surface area contributed by atoms with Gasteiger partial charge in [-0.1, -0.05) is 22.4 Å². The molecule has 0 fully saturated rings. The fraction of sp³-hybridized carbons (Fsp3) is 0.500. The molecule has 0 atom stereocenters. The van der Waals surface area contributed by atoms with Gasteiger partial charge in [0.05, 0.1) is 6.21 Å². The third-order valence-corrected chi connectivity index (χ3v) is 2.26. The lowest BCUT2D eigenvalue weighted by molar-refractivity contribution is 0.321. The minimum Gasteiger partial charge on any atom is -0.411 e. The van der Waals surface area contributed by atoms with Gasteiger partial charge in [-0.25, -0.2) is 0 Å². The second-order valence-electron chi connectivity index (χ2n) is 3.33. The second-order valence-corrected chi connectivity index (χ2v) is 3.33. The van der Waals surface area contributed by atoms with Crippen molar-refractivity contribution in [2.75, 3.05) is 0 Å². The summed E-state index contributed by atoms with van der Waals surface area (Å²) in [6, 6.07) is 0. The molecule has 1 N–H and O–H groups in total. The van der Waals surface area contributed by atoms with Crippen LogP contribution in [0.15, 0.2) is 28.0 Å². The monoisotopic (exact) mass is 165 g/mol. The van der Waals surface area contributed by atoms with Crippen molar-refractivity contribution in [1.82, 2.24) is 0 Å². The predicted molar refractivity (Wildman–Crippen MR) is 50.6 cm³/mol. The van der Waals surface area contributed by atoms with E-state index in [2.05, 4.69) is 25.1 Å². The van der Waals surface area contributed by atoms with E-state index in [-0.39, 0.29) is 0 Å². The summed E-state index contributed by atoms with van der Waals surface area (Å²) in [5, 5.41) is 11.3. The van der Waals surface area contributed by atoms with Crippen molar-refractivity contribution >= 4 is 6.21 Å². The largest absolute Gasteiger partial charge is 0.411 e. The molecule has 66 valence electrons. The van der Waals surface area contributed by atoms with E-state index in [0.29, 0.717) is 0 Å². The summed E-state index contributed by atoms with van der Waals surface area (Å²) in [6.07, 6.45) is 6.79. The molecule has 0 bridgehead atoms. The minimum absolute atomic E-state index is 1.00. The molecule has 1 aliphatic carbocycles. The van der Waals surface area contributed by atoms with Gasteiger partial charge in [-0.3, -0.25) is 0 Å². The van der Waals surface area contributed by atoms with Gasteiger partial charge in [0.25, 0.3) is 0 Å². The molecule has 0 saturated heterocycles. The van der Waals surface area contributed by atoms with E-state index in [9.17, 15) is 0 Å². The summed E-state index contributed by atoms with van der Waals surface area (Å²) >= 11 is 0. The Labute approximate surface area is 73.3 Å². The number of oxime groups is 1. The summed E-state index contributed by atoms with van der Waals surface area (Å²) in [4.78, 5) is 0. The van der Waals surface area contributed by atoms with Crippen LogP contribution >= 0.6 is 0 Å². The highest BCUT2D eigenvalue weighted by Crippen LogP contribution is 2.24. The molecule has 1 rings (SSSR count). The Balaban J connectivity index is 2.65. The predicted octanol–water partition coefficient (Wildman–Crippen LogP) is 2.89. The molecule has 0 aliphatic heterocycles. The quantitative estimate of drug-likeness (QED) is 0.275. The summed E-state index contributed by atoms with van der Waals surface area (Å²) in [6.45, 7) is 4.29. The normalized spacial score (nSPS) is 18.2. The molecular formula is C10H15NO. The zero-order chi connectivity index (χ0) is 8.97. The van der Waals surface area contributed by atoms with Crippen LogP contribution in [0.25, 0.3) is 0 Å². The second kappa shape index (κ2) is 4.10. The van der Waals surface area contributed by atoms with E-state index in [0.717, 1.165) is 24.8 Å². The molecule has 12 heavy (non-hydrogen) atoms. The average Bonchev–Trinajstić information content (AvgIpc) is 2.06. The summed E-state index contributed by atoms with van der Waals surface area (Å²) in [7, 11) is 0. The zero-order valence-corrected chi connectivity index (χ0v) is 7.67. The number of allylic oxidation sites excluding steroid dienone is 4. The van der Waals surface area contributed by atoms with Crippen molar-refractivity contribution in [3.8, 4) is 0 Å². The average molecular weight is 165 g/mol. The van der Waals surface area contributed by atoms with E-state index < -0.39 is 0 Å². The van der Waals surface area contributed by atoms with Crippen molar-refractivity contribution in [1.29, 1.82) is 0 Å². The lowest BCUT2D eigenvalue weighted by atomic mass is 9.92. The van der Waals surface area contributed by atoms with E-state index >= 15 is 0 Å². The first kappa shape index (κ1) is 9.04. The van der Waals surface area contributed by atoms with E-state index in [4.69, 9.17) is 5.21 Å². The molecule has 0 unspecified atom stereocenters. The molecule has 0 aromatic carbocycles. The Morgan fingerprint density at radius 2 is 2.25 bits per heavy atom. The Kier molecular flexibility index (Phi) is 3.09. The van der Waals surface area contributed by atoms with Crippen molar-refractivity contribution in [3.05, 3.63) is 22.8 Å². The maximum atomic E-state index is 8.31. The van der Waals surface area contributed by atoms with Crippen molar-refractivity contribution in [2.24, 2.45) is 5.16 Å². The van der Waals surface area contributed by atoms with E-state index in [1.165, 1.54) is 17.4 Å². The van der Waals surface area contributed by atoms with Gasteiger partial charge in [0.1, 0.15) is 0 Å². The topological polar surface area (TPSA) is 32.6 Å². The fourth-order valence-electron chi connectivity index (χ4n) is 1.40. The van der Waals surface area contributed by atoms with Crippen LogP contribution in [-0.2, 0) is 0 Å². The van der Waals surface area contributed by atoms with Gasteiger partial charge < -0.3 is 5.21 Å². The molecule has 0 aromatic rings. The molecule has 0 amide bonds. The van der Waals surface area contributed by atoms with Gasteiger partial charge in [-0.15, -0.1) is 0 Å². The Morgan fingerprint density at radius 1 is 1.50 bits per heavy atom. The Bertz CT molecular complexity index is 245. The van der Waals surface area contributed by atoms with Crippen LogP contribution in [0.2, 0.25) is 0 Å². The minimum atomic E-state index is 1.00. The smallest absolute Gasteiger partial charge is 0.0690 e. The Hall–Kier alpha value is -1.05. The Morgan fingerprint density at radius 3 is 2.67 bits per heavy atom. The summed E-state index contributed by atoms with van der Waals surface area (Å²) in [5.41, 5.74) is 4.08. The van der Waals surface area contributed by atoms with Gasteiger partial charge in [0, 0.05) is 0 Å². The van der Waals surface area contributed by atoms with Crippen molar-refractivity contribution in [2.45, 2.75) is 33.1 Å². The number of nitrogens with zero attached hydrogens (tertiary/aromatic N) is 1. The highest BCUT2D eigenvalue weighted by molar-refractivity contribution is 5.78. The number of hydrogen-bond donors (Lipinski definition) is 1. The van der Waals surface area contributed by atoms with Crippen LogP contribution in [0.3, 0.4) is 0 Å². The van der Waals surface area contributed by atoms with Crippen LogP contribution in [0, 0.1) is 0 Å². The maximum absolute atomic E-state index is 8.31. The fourth-order valence-corrected chi connectivity index (χ4v) is 1.40. The number of rotatable bonds is 1. The van der Waals surface area contributed by atoms with E-state index in [1.54, 1.807) is 0 Å². The first-order valence-corrected chi connectivity index (χ1v) is 4.25. The SMILES string of the molecule is CC(C)=C1CC=C(/C=N\O)CC1. The molecular weight excluding hydrogens is 150 g/mol. The molecule has 2 nitrogen and oxygen atoms in total. The summed E-state index contributed by atoms with van der Waals surface area (Å²) < 4.78 is 0. The third kappa shape index (κ3) is 2.22. The highest BCUT2D eigenvalue weighted by atomic mass is 16.4. The lowest BCUT2D eigenvalue weighted by Gasteiger charge is -2.13. The molecule has 0 saturated carbocycles. The lowest BCUT2D eigenvalue weighted by Crippen LogP contribution is -1.97. The van der Waals surface area contributed by atoms with Gasteiger partial charge in [0.15, 0.2) is 0 Å². The highest BCUT2D eigenvalue weighted by Gasteiger charge is 2.06. The molecule has 0 aromatic heterocycles. The van der Waals surface area contributed by atoms with Crippen LogP contribution in [-0.4, -0.2) is 11.4 Å². The van der Waals surface area contributed by atoms with Gasteiger partial charge in [0.2, 0.25) is 0 Å². The molecule has 0 radical (unpaired) electrons. The van der Waals surface area contributed by atoms with E-state index in [1.807, 2.05) is 0 Å². The zero-order valence-electron chi connectivity index (χ0n) is 7.67. The molecule has 0 spiro atoms. The van der Waals surface area contributed by atoms with Gasteiger partial charge in [-0.2, -0.15) is 0 Å². The number of hydrogen-bond acceptors (Lipinski definition) is 2. The first-order valence-electron chi connectivity index (χ1n) is 4.25. The van der Waals surface area contributed by atoms with Crippen LogP contribution in [0.1, 0.15) is 33.1 Å². The van der Waals surface area contributed by atoms with Crippen LogP contribution < -0.4 is 0 Å². The maximum Gasteiger partial charge on any atom is 0.0690 e. The first-order chi connectivity index (χ1) is 5.74. The third-order valence-electron chi connectivity index (χ3n) is 2.26. The van der Waals surface area contributed by atoms with Gasteiger partial charge in [-0.05, 0) is 38.7 Å². The van der Waals surface area contributed by atoms with Crippen LogP contribution in [0.4, 0.5) is 0 Å². The van der Waals surface area contributed by atoms with Crippen LogP contribution in [0.5, 0.6) is 0 Å². The van der Waals surface area contributed by atoms with Crippen molar-refractivity contribution in [3.63, 3.8) is 0 Å². The molecule has 1 aliphatic rings. The van der Waals surface area contributed by atoms with Gasteiger partial charge >= 0.3 is 0 Å². The standard InChI is InChI=1S/C10H15NO/c1-8(2)10-5-3-9(4-6-10)7-11-12/h3,7,12H,4-6H2,1-2H3/b11-7-.